The van der Waals surface area contributed by atoms with Gasteiger partial charge in [0.15, 0.2) is 0 Å². The molecule has 0 bridgehead atoms. The Morgan fingerprint density at radius 3 is 2.87 bits per heavy atom. The van der Waals surface area contributed by atoms with Crippen LogP contribution in [-0.4, -0.2) is 38.9 Å². The number of nitrogens with zero attached hydrogens (tertiary/aromatic N) is 3. The van der Waals surface area contributed by atoms with Gasteiger partial charge in [0.1, 0.15) is 6.33 Å². The van der Waals surface area contributed by atoms with Crippen LogP contribution in [0.3, 0.4) is 0 Å². The van der Waals surface area contributed by atoms with Crippen molar-refractivity contribution in [2.24, 2.45) is 5.92 Å². The summed E-state index contributed by atoms with van der Waals surface area (Å²) in [5.74, 6) is -2.23. The Balaban J connectivity index is 2.68. The van der Waals surface area contributed by atoms with Gasteiger partial charge in [-0.1, -0.05) is 6.92 Å². The quantitative estimate of drug-likeness (QED) is 0.695. The van der Waals surface area contributed by atoms with Gasteiger partial charge >= 0.3 is 11.9 Å². The minimum Gasteiger partial charge on any atom is -0.481 e. The third kappa shape index (κ3) is 2.76. The largest absolute Gasteiger partial charge is 0.481 e. The van der Waals surface area contributed by atoms with E-state index in [4.69, 9.17) is 5.11 Å². The molecule has 0 radical (unpaired) electrons. The van der Waals surface area contributed by atoms with Gasteiger partial charge in [-0.25, -0.2) is 9.78 Å². The molecule has 1 N–H and O–H groups in total. The Hall–Kier alpha value is -1.92. The van der Waals surface area contributed by atoms with Gasteiger partial charge in [0.2, 0.25) is 0 Å². The summed E-state index contributed by atoms with van der Waals surface area (Å²) in [5.41, 5.74) is 0. The summed E-state index contributed by atoms with van der Waals surface area (Å²) in [4.78, 5) is 25.2. The molecule has 0 saturated heterocycles. The molecule has 1 aromatic heterocycles. The standard InChI is InChI=1S/C8H11N3O4/c1-5(7(12)13)3-11-4-9-6(10-11)8(14)15-2/h4-5H,3H2,1-2H3,(H,12,13). The van der Waals surface area contributed by atoms with E-state index in [0.717, 1.165) is 0 Å². The predicted octanol–water partition coefficient (Wildman–Crippen LogP) is -0.215. The van der Waals surface area contributed by atoms with Crippen molar-refractivity contribution in [2.45, 2.75) is 13.5 Å². The average Bonchev–Trinajstić information content (AvgIpc) is 2.65. The van der Waals surface area contributed by atoms with Crippen LogP contribution in [0.1, 0.15) is 17.5 Å². The van der Waals surface area contributed by atoms with E-state index < -0.39 is 17.9 Å². The first-order valence-corrected chi connectivity index (χ1v) is 4.25. The lowest BCUT2D eigenvalue weighted by atomic mass is 10.2. The van der Waals surface area contributed by atoms with Crippen molar-refractivity contribution in [3.05, 3.63) is 12.2 Å². The van der Waals surface area contributed by atoms with Gasteiger partial charge in [-0.05, 0) is 0 Å². The smallest absolute Gasteiger partial charge is 0.377 e. The van der Waals surface area contributed by atoms with Crippen LogP contribution in [0.15, 0.2) is 6.33 Å². The van der Waals surface area contributed by atoms with Crippen LogP contribution < -0.4 is 0 Å². The highest BCUT2D eigenvalue weighted by Crippen LogP contribution is 2.00. The number of hydrogen-bond acceptors (Lipinski definition) is 5. The molecule has 0 aliphatic carbocycles. The van der Waals surface area contributed by atoms with E-state index >= 15 is 0 Å². The molecule has 0 aliphatic rings. The lowest BCUT2D eigenvalue weighted by Gasteiger charge is -2.04. The Bertz CT molecular complexity index is 374. The highest BCUT2D eigenvalue weighted by Gasteiger charge is 2.15. The second-order valence-corrected chi connectivity index (χ2v) is 3.02. The SMILES string of the molecule is COC(=O)c1ncn(CC(C)C(=O)O)n1. The van der Waals surface area contributed by atoms with Gasteiger partial charge in [-0.3, -0.25) is 9.48 Å². The molecule has 82 valence electrons. The van der Waals surface area contributed by atoms with Gasteiger partial charge in [-0.15, -0.1) is 5.10 Å². The van der Waals surface area contributed by atoms with Gasteiger partial charge in [0.05, 0.1) is 19.6 Å². The Morgan fingerprint density at radius 2 is 2.33 bits per heavy atom. The molecule has 1 unspecified atom stereocenters. The number of methoxy groups -OCH3 is 1. The van der Waals surface area contributed by atoms with E-state index in [-0.39, 0.29) is 12.4 Å². The summed E-state index contributed by atoms with van der Waals surface area (Å²) in [5, 5.41) is 12.4. The first-order valence-electron chi connectivity index (χ1n) is 4.25. The summed E-state index contributed by atoms with van der Waals surface area (Å²) in [7, 11) is 1.23. The summed E-state index contributed by atoms with van der Waals surface area (Å²) in [6, 6.07) is 0. The highest BCUT2D eigenvalue weighted by atomic mass is 16.5. The number of rotatable bonds is 4. The molecule has 1 atom stereocenters. The monoisotopic (exact) mass is 213 g/mol. The van der Waals surface area contributed by atoms with Crippen LogP contribution >= 0.6 is 0 Å². The van der Waals surface area contributed by atoms with Crippen LogP contribution in [-0.2, 0) is 16.1 Å². The number of carbonyl (C=O) groups excluding carboxylic acids is 1. The normalized spacial score (nSPS) is 12.1. The molecule has 0 fully saturated rings. The van der Waals surface area contributed by atoms with Crippen molar-refractivity contribution >= 4 is 11.9 Å². The number of carboxylic acid groups (broad SMARTS) is 1. The summed E-state index contributed by atoms with van der Waals surface area (Å²) < 4.78 is 5.71. The van der Waals surface area contributed by atoms with Gasteiger partial charge < -0.3 is 9.84 Å². The summed E-state index contributed by atoms with van der Waals surface area (Å²) >= 11 is 0. The second-order valence-electron chi connectivity index (χ2n) is 3.02. The Morgan fingerprint density at radius 1 is 1.67 bits per heavy atom. The average molecular weight is 213 g/mol. The molecule has 1 aromatic rings. The van der Waals surface area contributed by atoms with Gasteiger partial charge in [0, 0.05) is 0 Å². The molecular formula is C8H11N3O4. The minimum absolute atomic E-state index is 0.0740. The van der Waals surface area contributed by atoms with Crippen molar-refractivity contribution in [3.63, 3.8) is 0 Å². The third-order valence-electron chi connectivity index (χ3n) is 1.79. The molecule has 0 aromatic carbocycles. The number of hydrogen-bond donors (Lipinski definition) is 1. The summed E-state index contributed by atoms with van der Waals surface area (Å²) in [6.07, 6.45) is 1.30. The van der Waals surface area contributed by atoms with Crippen LogP contribution in [0.4, 0.5) is 0 Å². The fourth-order valence-corrected chi connectivity index (χ4v) is 0.926. The number of esters is 1. The Kier molecular flexibility index (Phi) is 3.37. The van der Waals surface area contributed by atoms with E-state index in [2.05, 4.69) is 14.8 Å². The van der Waals surface area contributed by atoms with Crippen molar-refractivity contribution in [1.82, 2.24) is 14.8 Å². The fourth-order valence-electron chi connectivity index (χ4n) is 0.926. The van der Waals surface area contributed by atoms with Crippen LogP contribution in [0, 0.1) is 5.92 Å². The zero-order valence-corrected chi connectivity index (χ0v) is 8.38. The molecule has 0 spiro atoms. The molecule has 1 heterocycles. The molecule has 0 amide bonds. The van der Waals surface area contributed by atoms with Crippen molar-refractivity contribution in [3.8, 4) is 0 Å². The molecule has 0 saturated carbocycles. The first-order chi connectivity index (χ1) is 7.04. The number of ether oxygens (including phenoxy) is 1. The number of carboxylic acids is 1. The predicted molar refractivity (Wildman–Crippen MR) is 48.2 cm³/mol. The van der Waals surface area contributed by atoms with E-state index in [0.29, 0.717) is 0 Å². The fraction of sp³-hybridized carbons (Fsp3) is 0.500. The van der Waals surface area contributed by atoms with E-state index in [1.165, 1.54) is 18.1 Å². The van der Waals surface area contributed by atoms with Crippen molar-refractivity contribution in [1.29, 1.82) is 0 Å². The zero-order chi connectivity index (χ0) is 11.4. The summed E-state index contributed by atoms with van der Waals surface area (Å²) in [6.45, 7) is 1.71. The van der Waals surface area contributed by atoms with Crippen LogP contribution in [0.25, 0.3) is 0 Å². The molecule has 1 rings (SSSR count). The van der Waals surface area contributed by atoms with Gasteiger partial charge in [-0.2, -0.15) is 0 Å². The maximum Gasteiger partial charge on any atom is 0.377 e. The molecule has 15 heavy (non-hydrogen) atoms. The van der Waals surface area contributed by atoms with E-state index in [1.54, 1.807) is 6.92 Å². The maximum absolute atomic E-state index is 11.0. The van der Waals surface area contributed by atoms with E-state index in [9.17, 15) is 9.59 Å². The molecule has 7 nitrogen and oxygen atoms in total. The van der Waals surface area contributed by atoms with Crippen molar-refractivity contribution in [2.75, 3.05) is 7.11 Å². The third-order valence-corrected chi connectivity index (χ3v) is 1.79. The highest BCUT2D eigenvalue weighted by molar-refractivity contribution is 5.84. The lowest BCUT2D eigenvalue weighted by Crippen LogP contribution is -2.17. The van der Waals surface area contributed by atoms with Crippen molar-refractivity contribution < 1.29 is 19.4 Å². The molecular weight excluding hydrogens is 202 g/mol. The molecule has 7 heteroatoms. The Labute approximate surface area is 85.7 Å². The number of aromatic nitrogens is 3. The lowest BCUT2D eigenvalue weighted by molar-refractivity contribution is -0.141. The number of aliphatic carboxylic acids is 1. The first kappa shape index (κ1) is 11.2. The molecule has 0 aliphatic heterocycles. The zero-order valence-electron chi connectivity index (χ0n) is 8.38. The topological polar surface area (TPSA) is 94.3 Å². The van der Waals surface area contributed by atoms with Crippen LogP contribution in [0.5, 0.6) is 0 Å². The second kappa shape index (κ2) is 4.54. The minimum atomic E-state index is -0.926. The van der Waals surface area contributed by atoms with Crippen LogP contribution in [0.2, 0.25) is 0 Å². The maximum atomic E-state index is 11.0. The number of carbonyl (C=O) groups is 2. The van der Waals surface area contributed by atoms with Gasteiger partial charge in [0.25, 0.3) is 5.82 Å². The van der Waals surface area contributed by atoms with E-state index in [1.807, 2.05) is 0 Å².